The summed E-state index contributed by atoms with van der Waals surface area (Å²) in [7, 11) is 0. The minimum absolute atomic E-state index is 0.633. The fourth-order valence-electron chi connectivity index (χ4n) is 3.54. The van der Waals surface area contributed by atoms with E-state index in [2.05, 4.69) is 17.1 Å². The number of rotatable bonds is 2. The number of ether oxygens (including phenoxy) is 1. The van der Waals surface area contributed by atoms with Crippen molar-refractivity contribution in [2.45, 2.75) is 32.2 Å². The normalized spacial score (nSPS) is 38.8. The van der Waals surface area contributed by atoms with E-state index in [1.807, 2.05) is 0 Å². The van der Waals surface area contributed by atoms with E-state index in [4.69, 9.17) is 4.74 Å². The monoisotopic (exact) mass is 224 g/mol. The maximum Gasteiger partial charge on any atom is 0.0619 e. The molecule has 3 fully saturated rings. The Labute approximate surface area is 98.5 Å². The van der Waals surface area contributed by atoms with E-state index in [0.29, 0.717) is 6.04 Å². The number of hydrogen-bond donors (Lipinski definition) is 1. The summed E-state index contributed by atoms with van der Waals surface area (Å²) < 4.78 is 5.50. The van der Waals surface area contributed by atoms with Crippen molar-refractivity contribution in [1.29, 1.82) is 0 Å². The minimum atomic E-state index is 0.633. The highest BCUT2D eigenvalue weighted by Gasteiger charge is 2.54. The van der Waals surface area contributed by atoms with E-state index >= 15 is 0 Å². The molecule has 0 aromatic heterocycles. The van der Waals surface area contributed by atoms with Gasteiger partial charge in [0, 0.05) is 19.1 Å². The molecule has 16 heavy (non-hydrogen) atoms. The molecule has 1 aliphatic carbocycles. The zero-order valence-corrected chi connectivity index (χ0v) is 10.4. The second-order valence-corrected chi connectivity index (χ2v) is 5.93. The Balaban J connectivity index is 1.52. The third-order valence-corrected chi connectivity index (χ3v) is 4.92. The SMILES string of the molecule is CC1COCCN1CC1CC12CCNCC2. The second-order valence-electron chi connectivity index (χ2n) is 5.93. The topological polar surface area (TPSA) is 24.5 Å². The van der Waals surface area contributed by atoms with Crippen LogP contribution in [0.4, 0.5) is 0 Å². The van der Waals surface area contributed by atoms with Crippen LogP contribution in [0.15, 0.2) is 0 Å². The van der Waals surface area contributed by atoms with Gasteiger partial charge in [-0.05, 0) is 50.6 Å². The van der Waals surface area contributed by atoms with E-state index < -0.39 is 0 Å². The number of morpholine rings is 1. The van der Waals surface area contributed by atoms with E-state index in [1.54, 1.807) is 0 Å². The molecule has 2 saturated heterocycles. The van der Waals surface area contributed by atoms with Gasteiger partial charge < -0.3 is 10.1 Å². The molecular weight excluding hydrogens is 200 g/mol. The molecule has 1 spiro atoms. The van der Waals surface area contributed by atoms with Gasteiger partial charge in [-0.15, -0.1) is 0 Å². The summed E-state index contributed by atoms with van der Waals surface area (Å²) >= 11 is 0. The van der Waals surface area contributed by atoms with E-state index in [0.717, 1.165) is 31.1 Å². The molecule has 0 aromatic carbocycles. The van der Waals surface area contributed by atoms with Crippen molar-refractivity contribution < 1.29 is 4.74 Å². The molecule has 0 bridgehead atoms. The Kier molecular flexibility index (Phi) is 2.94. The van der Waals surface area contributed by atoms with Crippen molar-refractivity contribution in [3.8, 4) is 0 Å². The van der Waals surface area contributed by atoms with Crippen LogP contribution in [0.1, 0.15) is 26.2 Å². The molecule has 3 nitrogen and oxygen atoms in total. The van der Waals surface area contributed by atoms with Crippen molar-refractivity contribution in [2.24, 2.45) is 11.3 Å². The van der Waals surface area contributed by atoms with Gasteiger partial charge in [-0.1, -0.05) is 0 Å². The maximum absolute atomic E-state index is 5.50. The first-order valence-corrected chi connectivity index (χ1v) is 6.83. The third kappa shape index (κ3) is 2.01. The summed E-state index contributed by atoms with van der Waals surface area (Å²) in [6.45, 7) is 9.13. The number of hydrogen-bond acceptors (Lipinski definition) is 3. The summed E-state index contributed by atoms with van der Waals surface area (Å²) in [6.07, 6.45) is 4.31. The van der Waals surface area contributed by atoms with Gasteiger partial charge in [0.05, 0.1) is 13.2 Å². The predicted molar refractivity (Wildman–Crippen MR) is 64.5 cm³/mol. The van der Waals surface area contributed by atoms with Gasteiger partial charge in [-0.2, -0.15) is 0 Å². The molecule has 2 atom stereocenters. The van der Waals surface area contributed by atoms with Crippen LogP contribution in [0.5, 0.6) is 0 Å². The molecule has 3 heteroatoms. The van der Waals surface area contributed by atoms with Crippen LogP contribution in [0.25, 0.3) is 0 Å². The number of nitrogens with zero attached hydrogens (tertiary/aromatic N) is 1. The highest BCUT2D eigenvalue weighted by molar-refractivity contribution is 5.05. The van der Waals surface area contributed by atoms with Crippen molar-refractivity contribution in [2.75, 3.05) is 39.4 Å². The summed E-state index contributed by atoms with van der Waals surface area (Å²) in [5.74, 6) is 0.982. The zero-order chi connectivity index (χ0) is 11.0. The van der Waals surface area contributed by atoms with E-state index in [1.165, 1.54) is 38.9 Å². The van der Waals surface area contributed by atoms with E-state index in [9.17, 15) is 0 Å². The van der Waals surface area contributed by atoms with Crippen LogP contribution in [-0.4, -0.2) is 50.3 Å². The quantitative estimate of drug-likeness (QED) is 0.760. The molecular formula is C13H24N2O. The Morgan fingerprint density at radius 3 is 2.94 bits per heavy atom. The van der Waals surface area contributed by atoms with Gasteiger partial charge in [0.25, 0.3) is 0 Å². The molecule has 3 aliphatic rings. The van der Waals surface area contributed by atoms with Gasteiger partial charge in [-0.3, -0.25) is 4.90 Å². The molecule has 3 rings (SSSR count). The van der Waals surface area contributed by atoms with Crippen molar-refractivity contribution in [1.82, 2.24) is 10.2 Å². The predicted octanol–water partition coefficient (Wildman–Crippen LogP) is 1.10. The third-order valence-electron chi connectivity index (χ3n) is 4.92. The molecule has 1 saturated carbocycles. The highest BCUT2D eigenvalue weighted by atomic mass is 16.5. The van der Waals surface area contributed by atoms with Crippen LogP contribution in [0, 0.1) is 11.3 Å². The van der Waals surface area contributed by atoms with E-state index in [-0.39, 0.29) is 0 Å². The van der Waals surface area contributed by atoms with Gasteiger partial charge >= 0.3 is 0 Å². The minimum Gasteiger partial charge on any atom is -0.379 e. The van der Waals surface area contributed by atoms with Crippen molar-refractivity contribution in [3.05, 3.63) is 0 Å². The number of piperidine rings is 1. The van der Waals surface area contributed by atoms with Crippen LogP contribution in [0.2, 0.25) is 0 Å². The standard InChI is InChI=1S/C13H24N2O/c1-11-10-16-7-6-15(11)9-12-8-13(12)2-4-14-5-3-13/h11-12,14H,2-10H2,1H3. The number of nitrogens with one attached hydrogen (secondary N) is 1. The van der Waals surface area contributed by atoms with Crippen LogP contribution < -0.4 is 5.32 Å². The first kappa shape index (κ1) is 11.0. The van der Waals surface area contributed by atoms with Crippen molar-refractivity contribution in [3.63, 3.8) is 0 Å². The average molecular weight is 224 g/mol. The van der Waals surface area contributed by atoms with Crippen LogP contribution >= 0.6 is 0 Å². The lowest BCUT2D eigenvalue weighted by Crippen LogP contribution is -2.45. The maximum atomic E-state index is 5.50. The van der Waals surface area contributed by atoms with Gasteiger partial charge in [0.1, 0.15) is 0 Å². The summed E-state index contributed by atoms with van der Waals surface area (Å²) in [5.41, 5.74) is 0.739. The van der Waals surface area contributed by atoms with Crippen LogP contribution in [-0.2, 0) is 4.74 Å². The average Bonchev–Trinajstić information content (AvgIpc) is 2.95. The van der Waals surface area contributed by atoms with Crippen LogP contribution in [0.3, 0.4) is 0 Å². The zero-order valence-electron chi connectivity index (χ0n) is 10.4. The first-order chi connectivity index (χ1) is 7.80. The summed E-state index contributed by atoms with van der Waals surface area (Å²) in [4.78, 5) is 2.64. The first-order valence-electron chi connectivity index (χ1n) is 6.83. The lowest BCUT2D eigenvalue weighted by molar-refractivity contribution is -0.00453. The van der Waals surface area contributed by atoms with Gasteiger partial charge in [-0.25, -0.2) is 0 Å². The van der Waals surface area contributed by atoms with Crippen molar-refractivity contribution >= 4 is 0 Å². The Morgan fingerprint density at radius 2 is 2.19 bits per heavy atom. The fraction of sp³-hybridized carbons (Fsp3) is 1.00. The van der Waals surface area contributed by atoms with Gasteiger partial charge in [0.2, 0.25) is 0 Å². The highest BCUT2D eigenvalue weighted by Crippen LogP contribution is 2.58. The summed E-state index contributed by atoms with van der Waals surface area (Å²) in [6, 6.07) is 0.633. The molecule has 0 amide bonds. The smallest absolute Gasteiger partial charge is 0.0619 e. The van der Waals surface area contributed by atoms with Gasteiger partial charge in [0.15, 0.2) is 0 Å². The molecule has 0 radical (unpaired) electrons. The molecule has 1 N–H and O–H groups in total. The largest absolute Gasteiger partial charge is 0.379 e. The Bertz CT molecular complexity index is 250. The fourth-order valence-corrected chi connectivity index (χ4v) is 3.54. The Morgan fingerprint density at radius 1 is 1.38 bits per heavy atom. The molecule has 2 heterocycles. The lowest BCUT2D eigenvalue weighted by atomic mass is 9.91. The second kappa shape index (κ2) is 4.28. The molecule has 0 aromatic rings. The lowest BCUT2D eigenvalue weighted by Gasteiger charge is -2.34. The molecule has 92 valence electrons. The molecule has 2 aliphatic heterocycles. The molecule has 2 unspecified atom stereocenters. The summed E-state index contributed by atoms with van der Waals surface area (Å²) in [5, 5.41) is 3.48. The Hall–Kier alpha value is -0.120.